The maximum absolute atomic E-state index is 12.3. The van der Waals surface area contributed by atoms with Crippen LogP contribution >= 0.6 is 23.2 Å². The number of pyridine rings is 1. The van der Waals surface area contributed by atoms with Crippen LogP contribution in [0.1, 0.15) is 10.5 Å². The van der Waals surface area contributed by atoms with Crippen LogP contribution in [0.25, 0.3) is 0 Å². The van der Waals surface area contributed by atoms with Gasteiger partial charge in [0.25, 0.3) is 5.24 Å². The van der Waals surface area contributed by atoms with Gasteiger partial charge in [0.1, 0.15) is 11.5 Å². The zero-order valence-electron chi connectivity index (χ0n) is 5.14. The van der Waals surface area contributed by atoms with Gasteiger partial charge in [-0.25, -0.2) is 9.37 Å². The molecule has 0 aliphatic heterocycles. The van der Waals surface area contributed by atoms with E-state index in [1.165, 1.54) is 0 Å². The van der Waals surface area contributed by atoms with Gasteiger partial charge in [-0.3, -0.25) is 4.79 Å². The number of carbonyl (C=O) groups excluding carboxylic acids is 1. The van der Waals surface area contributed by atoms with Crippen molar-refractivity contribution in [2.45, 2.75) is 0 Å². The van der Waals surface area contributed by atoms with Crippen LogP contribution in [0.4, 0.5) is 4.39 Å². The number of aromatic nitrogens is 1. The average molecular weight is 194 g/mol. The Morgan fingerprint density at radius 1 is 1.64 bits per heavy atom. The van der Waals surface area contributed by atoms with Crippen LogP contribution < -0.4 is 0 Å². The second-order valence-electron chi connectivity index (χ2n) is 1.76. The topological polar surface area (TPSA) is 30.0 Å². The standard InChI is InChI=1S/C6H2Cl2FNO/c7-4-1-3(9)2-10-5(4)6(8)11/h1-2H. The van der Waals surface area contributed by atoms with Gasteiger partial charge in [-0.15, -0.1) is 0 Å². The summed E-state index contributed by atoms with van der Waals surface area (Å²) in [5.74, 6) is -0.600. The quantitative estimate of drug-likeness (QED) is 0.641. The summed E-state index contributed by atoms with van der Waals surface area (Å²) in [6.07, 6.45) is 0.876. The van der Waals surface area contributed by atoms with Gasteiger partial charge in [0.2, 0.25) is 0 Å². The van der Waals surface area contributed by atoms with E-state index in [1.54, 1.807) is 0 Å². The van der Waals surface area contributed by atoms with Crippen molar-refractivity contribution < 1.29 is 9.18 Å². The highest BCUT2D eigenvalue weighted by atomic mass is 35.5. The van der Waals surface area contributed by atoms with Gasteiger partial charge in [0, 0.05) is 0 Å². The molecule has 0 aliphatic carbocycles. The SMILES string of the molecule is O=C(Cl)c1ncc(F)cc1Cl. The summed E-state index contributed by atoms with van der Waals surface area (Å²) in [5, 5.41) is -0.875. The normalized spacial score (nSPS) is 9.73. The fourth-order valence-electron chi connectivity index (χ4n) is 0.559. The molecule has 0 fully saturated rings. The average Bonchev–Trinajstić information content (AvgIpc) is 1.85. The molecule has 1 rings (SSSR count). The lowest BCUT2D eigenvalue weighted by molar-refractivity contribution is 0.107. The second kappa shape index (κ2) is 3.15. The van der Waals surface area contributed by atoms with E-state index in [2.05, 4.69) is 4.98 Å². The van der Waals surface area contributed by atoms with Crippen molar-refractivity contribution in [1.82, 2.24) is 4.98 Å². The van der Waals surface area contributed by atoms with E-state index >= 15 is 0 Å². The third kappa shape index (κ3) is 1.88. The van der Waals surface area contributed by atoms with E-state index in [0.717, 1.165) is 12.3 Å². The summed E-state index contributed by atoms with van der Waals surface area (Å²) in [6, 6.07) is 0.976. The van der Waals surface area contributed by atoms with Crippen molar-refractivity contribution in [3.8, 4) is 0 Å². The van der Waals surface area contributed by atoms with Crippen molar-refractivity contribution in [1.29, 1.82) is 0 Å². The maximum atomic E-state index is 12.3. The number of hydrogen-bond acceptors (Lipinski definition) is 2. The molecule has 1 aromatic rings. The van der Waals surface area contributed by atoms with Crippen molar-refractivity contribution in [2.75, 3.05) is 0 Å². The lowest BCUT2D eigenvalue weighted by atomic mass is 10.4. The molecule has 2 nitrogen and oxygen atoms in total. The fraction of sp³-hybridized carbons (Fsp3) is 0. The third-order valence-electron chi connectivity index (χ3n) is 0.994. The zero-order chi connectivity index (χ0) is 8.43. The molecule has 0 amide bonds. The first-order chi connectivity index (χ1) is 5.11. The summed E-state index contributed by atoms with van der Waals surface area (Å²) in [4.78, 5) is 13.9. The van der Waals surface area contributed by atoms with E-state index in [-0.39, 0.29) is 10.7 Å². The minimum Gasteiger partial charge on any atom is -0.274 e. The molecule has 0 radical (unpaired) electrons. The van der Waals surface area contributed by atoms with E-state index < -0.39 is 11.1 Å². The molecule has 0 unspecified atom stereocenters. The lowest BCUT2D eigenvalue weighted by Crippen LogP contribution is -1.95. The summed E-state index contributed by atoms with van der Waals surface area (Å²) in [6.45, 7) is 0. The molecule has 0 saturated heterocycles. The first-order valence-electron chi connectivity index (χ1n) is 2.62. The molecule has 1 aromatic heterocycles. The molecule has 58 valence electrons. The number of rotatable bonds is 1. The Labute approximate surface area is 71.9 Å². The highest BCUT2D eigenvalue weighted by molar-refractivity contribution is 6.68. The van der Waals surface area contributed by atoms with E-state index in [1.807, 2.05) is 0 Å². The highest BCUT2D eigenvalue weighted by Gasteiger charge is 2.09. The van der Waals surface area contributed by atoms with Gasteiger partial charge in [-0.2, -0.15) is 0 Å². The largest absolute Gasteiger partial charge is 0.274 e. The Hall–Kier alpha value is -0.670. The van der Waals surface area contributed by atoms with Crippen LogP contribution in [0, 0.1) is 5.82 Å². The molecule has 0 spiro atoms. The Kier molecular flexibility index (Phi) is 2.42. The Bertz CT molecular complexity index is 303. The second-order valence-corrected chi connectivity index (χ2v) is 2.51. The summed E-state index contributed by atoms with van der Waals surface area (Å²) in [5.41, 5.74) is -0.130. The van der Waals surface area contributed by atoms with Gasteiger partial charge in [-0.1, -0.05) is 11.6 Å². The van der Waals surface area contributed by atoms with Gasteiger partial charge in [0.05, 0.1) is 11.2 Å². The smallest absolute Gasteiger partial charge is 0.272 e. The van der Waals surface area contributed by atoms with Crippen molar-refractivity contribution in [2.24, 2.45) is 0 Å². The number of hydrogen-bond donors (Lipinski definition) is 0. The van der Waals surface area contributed by atoms with Crippen LogP contribution in [0.2, 0.25) is 5.02 Å². The van der Waals surface area contributed by atoms with Gasteiger partial charge in [-0.05, 0) is 17.7 Å². The summed E-state index contributed by atoms with van der Waals surface area (Å²) in [7, 11) is 0. The van der Waals surface area contributed by atoms with E-state index in [4.69, 9.17) is 23.2 Å². The monoisotopic (exact) mass is 193 g/mol. The Morgan fingerprint density at radius 2 is 2.27 bits per heavy atom. The van der Waals surface area contributed by atoms with Gasteiger partial charge >= 0.3 is 0 Å². The predicted molar refractivity (Wildman–Crippen MR) is 39.4 cm³/mol. The van der Waals surface area contributed by atoms with Crippen molar-refractivity contribution >= 4 is 28.4 Å². The van der Waals surface area contributed by atoms with Crippen LogP contribution in [0.3, 0.4) is 0 Å². The minimum atomic E-state index is -0.796. The summed E-state index contributed by atoms with van der Waals surface area (Å²) >= 11 is 10.5. The number of carbonyl (C=O) groups is 1. The van der Waals surface area contributed by atoms with Crippen LogP contribution in [0.5, 0.6) is 0 Å². The maximum Gasteiger partial charge on any atom is 0.272 e. The zero-order valence-corrected chi connectivity index (χ0v) is 6.66. The minimum absolute atomic E-state index is 0.0787. The van der Waals surface area contributed by atoms with Crippen molar-refractivity contribution in [3.63, 3.8) is 0 Å². The molecular formula is C6H2Cl2FNO. The molecule has 0 aliphatic rings. The molecule has 11 heavy (non-hydrogen) atoms. The molecule has 0 atom stereocenters. The molecular weight excluding hydrogens is 192 g/mol. The summed E-state index contributed by atoms with van der Waals surface area (Å²) < 4.78 is 12.3. The predicted octanol–water partition coefficient (Wildman–Crippen LogP) is 2.25. The molecule has 0 bridgehead atoms. The number of halogens is 3. The van der Waals surface area contributed by atoms with Crippen LogP contribution in [0.15, 0.2) is 12.3 Å². The molecule has 0 aromatic carbocycles. The Balaban J connectivity index is 3.20. The number of nitrogens with zero attached hydrogens (tertiary/aromatic N) is 1. The molecule has 1 heterocycles. The first kappa shape index (κ1) is 8.43. The molecule has 5 heteroatoms. The Morgan fingerprint density at radius 3 is 2.73 bits per heavy atom. The van der Waals surface area contributed by atoms with Crippen LogP contribution in [-0.2, 0) is 0 Å². The van der Waals surface area contributed by atoms with Gasteiger partial charge in [0.15, 0.2) is 0 Å². The first-order valence-corrected chi connectivity index (χ1v) is 3.37. The molecule has 0 N–H and O–H groups in total. The van der Waals surface area contributed by atoms with E-state index in [0.29, 0.717) is 0 Å². The van der Waals surface area contributed by atoms with Gasteiger partial charge < -0.3 is 0 Å². The molecule has 0 saturated carbocycles. The van der Waals surface area contributed by atoms with Crippen molar-refractivity contribution in [3.05, 3.63) is 28.8 Å². The highest BCUT2D eigenvalue weighted by Crippen LogP contribution is 2.15. The van der Waals surface area contributed by atoms with E-state index in [9.17, 15) is 9.18 Å². The fourth-order valence-corrected chi connectivity index (χ4v) is 0.997. The lowest BCUT2D eigenvalue weighted by Gasteiger charge is -1.95. The van der Waals surface area contributed by atoms with Crippen LogP contribution in [-0.4, -0.2) is 10.2 Å². The third-order valence-corrected chi connectivity index (χ3v) is 1.46.